The molecule has 0 unspecified atom stereocenters. The van der Waals surface area contributed by atoms with Gasteiger partial charge in [0.15, 0.2) is 0 Å². The van der Waals surface area contributed by atoms with Crippen LogP contribution in [-0.4, -0.2) is 5.97 Å². The number of para-hydroxylation sites is 1. The minimum atomic E-state index is -0.338. The molecule has 3 heteroatoms. The van der Waals surface area contributed by atoms with Crippen molar-refractivity contribution in [2.24, 2.45) is 0 Å². The van der Waals surface area contributed by atoms with E-state index in [1.165, 1.54) is 5.56 Å². The van der Waals surface area contributed by atoms with E-state index in [-0.39, 0.29) is 5.97 Å². The molecule has 0 bridgehead atoms. The van der Waals surface area contributed by atoms with Crippen molar-refractivity contribution in [3.05, 3.63) is 107 Å². The molecular formula is C24H18O3. The predicted octanol–water partition coefficient (Wildman–Crippen LogP) is 5.77. The van der Waals surface area contributed by atoms with Crippen molar-refractivity contribution in [3.63, 3.8) is 0 Å². The summed E-state index contributed by atoms with van der Waals surface area (Å²) in [6, 6.07) is 25.1. The number of carbonyl (C=O) groups is 1. The molecule has 3 aromatic rings. The van der Waals surface area contributed by atoms with E-state index < -0.39 is 0 Å². The molecule has 3 aromatic carbocycles. The molecule has 0 saturated carbocycles. The lowest BCUT2D eigenvalue weighted by Gasteiger charge is -2.06. The third-order valence-electron chi connectivity index (χ3n) is 4.24. The Bertz CT molecular complexity index is 1010. The van der Waals surface area contributed by atoms with Gasteiger partial charge in [-0.3, -0.25) is 0 Å². The third-order valence-corrected chi connectivity index (χ3v) is 4.24. The largest absolute Gasteiger partial charge is 0.457 e. The third kappa shape index (κ3) is 3.98. The molecule has 27 heavy (non-hydrogen) atoms. The molecule has 0 atom stereocenters. The molecule has 0 saturated heterocycles. The molecule has 0 fully saturated rings. The smallest absolute Gasteiger partial charge is 0.343 e. The van der Waals surface area contributed by atoms with E-state index in [2.05, 4.69) is 0 Å². The van der Waals surface area contributed by atoms with Gasteiger partial charge in [-0.2, -0.15) is 0 Å². The quantitative estimate of drug-likeness (QED) is 0.441. The number of cyclic esters (lactones) is 1. The van der Waals surface area contributed by atoms with Gasteiger partial charge in [0.25, 0.3) is 0 Å². The molecule has 3 nitrogen and oxygen atoms in total. The van der Waals surface area contributed by atoms with Gasteiger partial charge >= 0.3 is 5.97 Å². The van der Waals surface area contributed by atoms with Crippen molar-refractivity contribution >= 4 is 17.8 Å². The highest BCUT2D eigenvalue weighted by Crippen LogP contribution is 2.29. The zero-order valence-electron chi connectivity index (χ0n) is 14.9. The van der Waals surface area contributed by atoms with Gasteiger partial charge in [0.2, 0.25) is 0 Å². The number of ether oxygens (including phenoxy) is 2. The van der Waals surface area contributed by atoms with E-state index in [9.17, 15) is 4.79 Å². The Morgan fingerprint density at radius 1 is 0.815 bits per heavy atom. The van der Waals surface area contributed by atoms with Crippen LogP contribution in [0.4, 0.5) is 0 Å². The van der Waals surface area contributed by atoms with Crippen LogP contribution in [0, 0.1) is 6.92 Å². The van der Waals surface area contributed by atoms with Crippen LogP contribution in [0.3, 0.4) is 0 Å². The number of aryl methyl sites for hydroxylation is 1. The number of carbonyl (C=O) groups excluding carboxylic acids is 1. The number of hydrogen-bond donors (Lipinski definition) is 0. The highest BCUT2D eigenvalue weighted by Gasteiger charge is 2.22. The summed E-state index contributed by atoms with van der Waals surface area (Å²) in [6.45, 7) is 2.03. The fraction of sp³-hybridized carbons (Fsp3) is 0.0417. The number of benzene rings is 3. The average molecular weight is 354 g/mol. The summed E-state index contributed by atoms with van der Waals surface area (Å²) < 4.78 is 11.2. The van der Waals surface area contributed by atoms with E-state index in [0.29, 0.717) is 11.3 Å². The monoisotopic (exact) mass is 354 g/mol. The van der Waals surface area contributed by atoms with Gasteiger partial charge in [0.05, 0.1) is 5.57 Å². The van der Waals surface area contributed by atoms with Gasteiger partial charge in [-0.15, -0.1) is 0 Å². The van der Waals surface area contributed by atoms with Crippen molar-refractivity contribution in [3.8, 4) is 11.5 Å². The summed E-state index contributed by atoms with van der Waals surface area (Å²) in [6.07, 6.45) is 3.61. The maximum absolute atomic E-state index is 12.2. The maximum atomic E-state index is 12.2. The molecule has 1 heterocycles. The van der Waals surface area contributed by atoms with Crippen LogP contribution in [0.15, 0.2) is 90.5 Å². The lowest BCUT2D eigenvalue weighted by Crippen LogP contribution is -1.97. The first-order valence-corrected chi connectivity index (χ1v) is 8.73. The molecule has 4 rings (SSSR count). The zero-order valence-corrected chi connectivity index (χ0v) is 14.9. The summed E-state index contributed by atoms with van der Waals surface area (Å²) in [7, 11) is 0. The Balaban J connectivity index is 1.53. The highest BCUT2D eigenvalue weighted by atomic mass is 16.5. The van der Waals surface area contributed by atoms with Crippen molar-refractivity contribution in [1.29, 1.82) is 0 Å². The zero-order chi connectivity index (χ0) is 18.6. The van der Waals surface area contributed by atoms with Gasteiger partial charge in [-0.1, -0.05) is 48.0 Å². The van der Waals surface area contributed by atoms with Gasteiger partial charge in [-0.05, 0) is 61.0 Å². The normalized spacial score (nSPS) is 14.8. The highest BCUT2D eigenvalue weighted by molar-refractivity contribution is 6.05. The molecule has 0 spiro atoms. The number of hydrogen-bond acceptors (Lipinski definition) is 3. The Morgan fingerprint density at radius 3 is 2.19 bits per heavy atom. The van der Waals surface area contributed by atoms with E-state index in [0.717, 1.165) is 22.6 Å². The van der Waals surface area contributed by atoms with Crippen LogP contribution in [0.1, 0.15) is 16.7 Å². The molecular weight excluding hydrogens is 336 g/mol. The maximum Gasteiger partial charge on any atom is 0.343 e. The summed E-state index contributed by atoms with van der Waals surface area (Å²) >= 11 is 0. The molecule has 1 aliphatic heterocycles. The Morgan fingerprint density at radius 2 is 1.48 bits per heavy atom. The lowest BCUT2D eigenvalue weighted by molar-refractivity contribution is -0.130. The van der Waals surface area contributed by atoms with E-state index in [4.69, 9.17) is 9.47 Å². The molecule has 1 aliphatic rings. The molecule has 0 radical (unpaired) electrons. The predicted molar refractivity (Wildman–Crippen MR) is 106 cm³/mol. The van der Waals surface area contributed by atoms with E-state index >= 15 is 0 Å². The van der Waals surface area contributed by atoms with Gasteiger partial charge < -0.3 is 9.47 Å². The van der Waals surface area contributed by atoms with Crippen LogP contribution in [-0.2, 0) is 9.53 Å². The van der Waals surface area contributed by atoms with Crippen LogP contribution in [0.5, 0.6) is 11.5 Å². The Labute approximate surface area is 158 Å². The topological polar surface area (TPSA) is 35.5 Å². The van der Waals surface area contributed by atoms with Crippen molar-refractivity contribution in [2.45, 2.75) is 6.92 Å². The van der Waals surface area contributed by atoms with Crippen LogP contribution in [0.25, 0.3) is 11.8 Å². The number of esters is 1. The fourth-order valence-electron chi connectivity index (χ4n) is 2.79. The second-order valence-corrected chi connectivity index (χ2v) is 6.35. The van der Waals surface area contributed by atoms with Crippen molar-refractivity contribution in [1.82, 2.24) is 0 Å². The lowest BCUT2D eigenvalue weighted by atomic mass is 10.1. The Kier molecular flexibility index (Phi) is 4.58. The van der Waals surface area contributed by atoms with Crippen molar-refractivity contribution < 1.29 is 14.3 Å². The molecule has 0 aromatic heterocycles. The van der Waals surface area contributed by atoms with Gasteiger partial charge in [0.1, 0.15) is 17.3 Å². The van der Waals surface area contributed by atoms with Crippen molar-refractivity contribution in [2.75, 3.05) is 0 Å². The molecule has 0 N–H and O–H groups in total. The SMILES string of the molecule is Cc1ccc(/C=C2\C=C(c3ccc(Oc4ccccc4)cc3)OC2=O)cc1. The molecule has 132 valence electrons. The minimum Gasteiger partial charge on any atom is -0.457 e. The minimum absolute atomic E-state index is 0.338. The second kappa shape index (κ2) is 7.34. The Hall–Kier alpha value is -3.59. The fourth-order valence-corrected chi connectivity index (χ4v) is 2.79. The summed E-state index contributed by atoms with van der Waals surface area (Å²) in [4.78, 5) is 12.2. The first-order chi connectivity index (χ1) is 13.2. The summed E-state index contributed by atoms with van der Waals surface area (Å²) in [5, 5.41) is 0. The van der Waals surface area contributed by atoms with E-state index in [1.807, 2.05) is 91.9 Å². The first kappa shape index (κ1) is 16.9. The number of rotatable bonds is 4. The van der Waals surface area contributed by atoms with Gasteiger partial charge in [0, 0.05) is 5.56 Å². The summed E-state index contributed by atoms with van der Waals surface area (Å²) in [5.41, 5.74) is 3.52. The van der Waals surface area contributed by atoms with Crippen LogP contribution >= 0.6 is 0 Å². The van der Waals surface area contributed by atoms with Gasteiger partial charge in [-0.25, -0.2) is 4.79 Å². The summed E-state index contributed by atoms with van der Waals surface area (Å²) in [5.74, 6) is 1.71. The van der Waals surface area contributed by atoms with E-state index in [1.54, 1.807) is 6.08 Å². The van der Waals surface area contributed by atoms with Crippen LogP contribution < -0.4 is 4.74 Å². The standard InChI is InChI=1S/C24H18O3/c1-17-7-9-18(10-8-17)15-20-16-23(27-24(20)25)19-11-13-22(14-12-19)26-21-5-3-2-4-6-21/h2-16H,1H3/b20-15+. The second-order valence-electron chi connectivity index (χ2n) is 6.35. The molecule has 0 amide bonds. The van der Waals surface area contributed by atoms with Crippen LogP contribution in [0.2, 0.25) is 0 Å². The average Bonchev–Trinajstić information content (AvgIpc) is 3.05. The first-order valence-electron chi connectivity index (χ1n) is 8.73. The molecule has 0 aliphatic carbocycles.